The average molecular weight is 304 g/mol. The highest BCUT2D eigenvalue weighted by Crippen LogP contribution is 2.08. The molecule has 0 aromatic heterocycles. The Morgan fingerprint density at radius 1 is 1.05 bits per heavy atom. The summed E-state index contributed by atoms with van der Waals surface area (Å²) in [6, 6.07) is 8.37. The summed E-state index contributed by atoms with van der Waals surface area (Å²) in [6.45, 7) is 6.23. The second kappa shape index (κ2) is 10.7. The fourth-order valence-electron chi connectivity index (χ4n) is 2.12. The minimum absolute atomic E-state index is 0.0705. The summed E-state index contributed by atoms with van der Waals surface area (Å²) in [5, 5.41) is 9.30. The molecule has 0 atom stereocenters. The molecule has 5 nitrogen and oxygen atoms in total. The molecule has 1 rings (SSSR count). The highest BCUT2D eigenvalue weighted by molar-refractivity contribution is 5.81. The maximum atomic E-state index is 11.5. The minimum Gasteiger partial charge on any atom is -0.356 e. The van der Waals surface area contributed by atoms with Crippen molar-refractivity contribution >= 4 is 11.9 Å². The zero-order chi connectivity index (χ0) is 16.2. The van der Waals surface area contributed by atoms with Crippen molar-refractivity contribution in [3.8, 4) is 0 Å². The van der Waals surface area contributed by atoms with Gasteiger partial charge in [-0.15, -0.1) is 0 Å². The average Bonchev–Trinajstić information content (AvgIpc) is 2.56. The first-order valence-electron chi connectivity index (χ1n) is 7.99. The van der Waals surface area contributed by atoms with Crippen LogP contribution in [-0.4, -0.2) is 32.0 Å². The molecule has 0 spiro atoms. The van der Waals surface area contributed by atoms with E-state index in [4.69, 9.17) is 0 Å². The third-order valence-corrected chi connectivity index (χ3v) is 3.39. The van der Waals surface area contributed by atoms with Gasteiger partial charge in [-0.05, 0) is 24.0 Å². The first-order valence-corrected chi connectivity index (χ1v) is 7.99. The molecule has 0 saturated heterocycles. The number of nitrogens with one attached hydrogen (secondary N) is 3. The number of carbonyl (C=O) groups excluding carboxylic acids is 1. The molecule has 1 aromatic rings. The van der Waals surface area contributed by atoms with Crippen molar-refractivity contribution in [2.45, 2.75) is 39.7 Å². The third kappa shape index (κ3) is 6.61. The summed E-state index contributed by atoms with van der Waals surface area (Å²) in [5.41, 5.74) is 2.61. The van der Waals surface area contributed by atoms with Gasteiger partial charge in [-0.25, -0.2) is 0 Å². The Balaban J connectivity index is 2.35. The second-order valence-electron chi connectivity index (χ2n) is 5.07. The number of rotatable bonds is 8. The molecule has 0 aliphatic heterocycles. The molecule has 0 bridgehead atoms. The number of nitrogens with zero attached hydrogens (tertiary/aromatic N) is 1. The number of benzene rings is 1. The molecule has 1 amide bonds. The Hall–Kier alpha value is -2.04. The van der Waals surface area contributed by atoms with E-state index in [1.54, 1.807) is 7.05 Å². The van der Waals surface area contributed by atoms with E-state index < -0.39 is 0 Å². The van der Waals surface area contributed by atoms with Gasteiger partial charge in [0, 0.05) is 33.1 Å². The lowest BCUT2D eigenvalue weighted by Gasteiger charge is -2.13. The Morgan fingerprint density at radius 3 is 2.41 bits per heavy atom. The van der Waals surface area contributed by atoms with Gasteiger partial charge >= 0.3 is 0 Å². The van der Waals surface area contributed by atoms with Crippen LogP contribution in [0.2, 0.25) is 0 Å². The van der Waals surface area contributed by atoms with E-state index in [1.807, 2.05) is 13.0 Å². The Bertz CT molecular complexity index is 485. The molecule has 122 valence electrons. The van der Waals surface area contributed by atoms with Crippen molar-refractivity contribution in [1.29, 1.82) is 0 Å². The Morgan fingerprint density at radius 2 is 1.77 bits per heavy atom. The smallest absolute Gasteiger partial charge is 0.221 e. The molecule has 3 N–H and O–H groups in total. The normalized spacial score (nSPS) is 11.1. The summed E-state index contributed by atoms with van der Waals surface area (Å²) in [7, 11) is 1.73. The highest BCUT2D eigenvalue weighted by Gasteiger charge is 2.03. The maximum Gasteiger partial charge on any atom is 0.221 e. The van der Waals surface area contributed by atoms with Gasteiger partial charge in [0.15, 0.2) is 5.96 Å². The number of hydrogen-bond acceptors (Lipinski definition) is 2. The van der Waals surface area contributed by atoms with Crippen LogP contribution in [0.4, 0.5) is 0 Å². The summed E-state index contributed by atoms with van der Waals surface area (Å²) in [6.07, 6.45) is 2.42. The van der Waals surface area contributed by atoms with Crippen LogP contribution in [0.25, 0.3) is 0 Å². The first-order chi connectivity index (χ1) is 10.7. The van der Waals surface area contributed by atoms with Crippen molar-refractivity contribution in [1.82, 2.24) is 16.0 Å². The van der Waals surface area contributed by atoms with Crippen molar-refractivity contribution in [2.24, 2.45) is 4.99 Å². The van der Waals surface area contributed by atoms with Crippen molar-refractivity contribution in [2.75, 3.05) is 20.1 Å². The van der Waals surface area contributed by atoms with Crippen LogP contribution >= 0.6 is 0 Å². The molecule has 0 fully saturated rings. The lowest BCUT2D eigenvalue weighted by molar-refractivity contribution is -0.120. The zero-order valence-electron chi connectivity index (χ0n) is 13.9. The van der Waals surface area contributed by atoms with Gasteiger partial charge in [0.05, 0.1) is 0 Å². The van der Waals surface area contributed by atoms with E-state index >= 15 is 0 Å². The van der Waals surface area contributed by atoms with Crippen LogP contribution in [0.3, 0.4) is 0 Å². The number of carbonyl (C=O) groups is 1. The molecule has 1 aromatic carbocycles. The lowest BCUT2D eigenvalue weighted by Crippen LogP contribution is -2.39. The fraction of sp³-hybridized carbons (Fsp3) is 0.529. The van der Waals surface area contributed by atoms with Gasteiger partial charge < -0.3 is 16.0 Å². The van der Waals surface area contributed by atoms with E-state index in [1.165, 1.54) is 11.1 Å². The van der Waals surface area contributed by atoms with Gasteiger partial charge in [0.2, 0.25) is 5.91 Å². The van der Waals surface area contributed by atoms with Crippen LogP contribution in [0, 0.1) is 0 Å². The van der Waals surface area contributed by atoms with Gasteiger partial charge in [0.1, 0.15) is 0 Å². The first kappa shape index (κ1) is 18.0. The molecule has 0 aliphatic carbocycles. The van der Waals surface area contributed by atoms with Crippen LogP contribution in [0.1, 0.15) is 37.8 Å². The molecule has 0 heterocycles. The molecule has 5 heteroatoms. The van der Waals surface area contributed by atoms with E-state index in [-0.39, 0.29) is 5.91 Å². The van der Waals surface area contributed by atoms with Gasteiger partial charge in [-0.1, -0.05) is 38.1 Å². The van der Waals surface area contributed by atoms with Crippen molar-refractivity contribution in [3.63, 3.8) is 0 Å². The second-order valence-corrected chi connectivity index (χ2v) is 5.07. The number of amides is 1. The van der Waals surface area contributed by atoms with Crippen LogP contribution in [0.5, 0.6) is 0 Å². The van der Waals surface area contributed by atoms with E-state index in [9.17, 15) is 4.79 Å². The standard InChI is InChI=1S/C17H28N4O/c1-4-11-19-16(22)10-12-20-17(18-3)21-13-15-9-7-6-8-14(15)5-2/h6-9H,4-5,10-13H2,1-3H3,(H,19,22)(H2,18,20,21). The summed E-state index contributed by atoms with van der Waals surface area (Å²) >= 11 is 0. The molecule has 22 heavy (non-hydrogen) atoms. The maximum absolute atomic E-state index is 11.5. The number of guanidine groups is 1. The summed E-state index contributed by atoms with van der Waals surface area (Å²) in [4.78, 5) is 15.7. The van der Waals surface area contributed by atoms with Crippen LogP contribution < -0.4 is 16.0 Å². The van der Waals surface area contributed by atoms with Crippen molar-refractivity contribution in [3.05, 3.63) is 35.4 Å². The molecular weight excluding hydrogens is 276 g/mol. The number of aliphatic imine (C=N–C) groups is 1. The predicted octanol–water partition coefficient (Wildman–Crippen LogP) is 1.83. The summed E-state index contributed by atoms with van der Waals surface area (Å²) in [5.74, 6) is 0.787. The van der Waals surface area contributed by atoms with Crippen molar-refractivity contribution < 1.29 is 4.79 Å². The van der Waals surface area contributed by atoms with E-state index in [0.717, 1.165) is 25.9 Å². The SMILES string of the molecule is CCCNC(=O)CCNC(=NC)NCc1ccccc1CC. The van der Waals surface area contributed by atoms with Gasteiger partial charge in [-0.3, -0.25) is 9.79 Å². The number of aryl methyl sites for hydroxylation is 1. The largest absolute Gasteiger partial charge is 0.356 e. The quantitative estimate of drug-likeness (QED) is 0.507. The molecule has 0 radical (unpaired) electrons. The third-order valence-electron chi connectivity index (χ3n) is 3.39. The molecular formula is C17H28N4O. The summed E-state index contributed by atoms with van der Waals surface area (Å²) < 4.78 is 0. The van der Waals surface area contributed by atoms with Crippen LogP contribution in [0.15, 0.2) is 29.3 Å². The van der Waals surface area contributed by atoms with E-state index in [0.29, 0.717) is 18.9 Å². The topological polar surface area (TPSA) is 65.5 Å². The zero-order valence-corrected chi connectivity index (χ0v) is 13.9. The van der Waals surface area contributed by atoms with E-state index in [2.05, 4.69) is 46.1 Å². The fourth-order valence-corrected chi connectivity index (χ4v) is 2.12. The predicted molar refractivity (Wildman–Crippen MR) is 91.9 cm³/mol. The molecule has 0 unspecified atom stereocenters. The Kier molecular flexibility index (Phi) is 8.72. The van der Waals surface area contributed by atoms with Gasteiger partial charge in [-0.2, -0.15) is 0 Å². The monoisotopic (exact) mass is 304 g/mol. The van der Waals surface area contributed by atoms with Crippen LogP contribution in [-0.2, 0) is 17.8 Å². The minimum atomic E-state index is 0.0705. The lowest BCUT2D eigenvalue weighted by atomic mass is 10.1. The number of hydrogen-bond donors (Lipinski definition) is 3. The Labute approximate surface area is 133 Å². The molecule has 0 aliphatic rings. The highest BCUT2D eigenvalue weighted by atomic mass is 16.1. The van der Waals surface area contributed by atoms with Gasteiger partial charge in [0.25, 0.3) is 0 Å². The molecule has 0 saturated carbocycles.